The van der Waals surface area contributed by atoms with Crippen molar-refractivity contribution in [3.05, 3.63) is 58.0 Å². The second-order valence-electron chi connectivity index (χ2n) is 7.16. The fourth-order valence-electron chi connectivity index (χ4n) is 3.13. The Hall–Kier alpha value is -2.91. The number of sulfonamides is 1. The van der Waals surface area contributed by atoms with Gasteiger partial charge in [0.15, 0.2) is 0 Å². The molecule has 1 amide bonds. The monoisotopic (exact) mass is 416 g/mol. The van der Waals surface area contributed by atoms with Gasteiger partial charge in [-0.25, -0.2) is 13.2 Å². The average molecular weight is 417 g/mol. The van der Waals surface area contributed by atoms with Crippen LogP contribution in [0, 0.1) is 13.8 Å². The molecule has 1 heterocycles. The Balaban J connectivity index is 1.82. The number of carbonyl (C=O) groups excluding carboxylic acids is 1. The number of rotatable bonds is 5. The zero-order valence-electron chi connectivity index (χ0n) is 17.1. The van der Waals surface area contributed by atoms with Gasteiger partial charge in [-0.1, -0.05) is 6.07 Å². The molecule has 0 aliphatic rings. The molecule has 2 aromatic carbocycles. The number of aromatic nitrogens is 2. The van der Waals surface area contributed by atoms with Gasteiger partial charge in [0.2, 0.25) is 15.9 Å². The minimum Gasteiger partial charge on any atom is -0.325 e. The molecule has 0 unspecified atom stereocenters. The molecule has 1 aromatic heterocycles. The van der Waals surface area contributed by atoms with Crippen molar-refractivity contribution in [3.8, 4) is 0 Å². The van der Waals surface area contributed by atoms with E-state index in [-0.39, 0.29) is 17.1 Å². The normalized spacial score (nSPS) is 11.9. The van der Waals surface area contributed by atoms with Gasteiger partial charge in [0, 0.05) is 26.8 Å². The van der Waals surface area contributed by atoms with Crippen molar-refractivity contribution < 1.29 is 13.2 Å². The van der Waals surface area contributed by atoms with Crippen molar-refractivity contribution in [2.24, 2.45) is 14.1 Å². The second-order valence-corrected chi connectivity index (χ2v) is 9.20. The topological polar surface area (TPSA) is 93.4 Å². The highest BCUT2D eigenvalue weighted by molar-refractivity contribution is 7.89. The van der Waals surface area contributed by atoms with E-state index >= 15 is 0 Å². The Labute approximate surface area is 169 Å². The maximum atomic E-state index is 12.9. The first kappa shape index (κ1) is 20.8. The standard InChI is InChI=1S/C20H24N4O4S/c1-13-6-7-15(10-14(13)2)21-19(25)12-22(3)29(27,28)16-8-9-17-18(11-16)24(5)20(26)23(17)4/h6-11H,12H2,1-5H3,(H,21,25). The van der Waals surface area contributed by atoms with Gasteiger partial charge < -0.3 is 5.32 Å². The van der Waals surface area contributed by atoms with E-state index in [1.54, 1.807) is 26.2 Å². The molecule has 8 nitrogen and oxygen atoms in total. The molecule has 154 valence electrons. The summed E-state index contributed by atoms with van der Waals surface area (Å²) in [5, 5.41) is 2.72. The van der Waals surface area contributed by atoms with Crippen molar-refractivity contribution in [3.63, 3.8) is 0 Å². The Bertz CT molecular complexity index is 1270. The smallest absolute Gasteiger partial charge is 0.325 e. The van der Waals surface area contributed by atoms with E-state index in [0.717, 1.165) is 15.4 Å². The molecule has 0 aliphatic carbocycles. The van der Waals surface area contributed by atoms with E-state index in [4.69, 9.17) is 0 Å². The third-order valence-electron chi connectivity index (χ3n) is 5.11. The Morgan fingerprint density at radius 3 is 2.31 bits per heavy atom. The Kier molecular flexibility index (Phi) is 5.38. The molecule has 0 spiro atoms. The first-order valence-electron chi connectivity index (χ1n) is 9.01. The molecule has 0 saturated heterocycles. The second kappa shape index (κ2) is 7.49. The molecule has 9 heteroatoms. The van der Waals surface area contributed by atoms with Crippen LogP contribution < -0.4 is 11.0 Å². The summed E-state index contributed by atoms with van der Waals surface area (Å²) in [6.45, 7) is 3.58. The molecule has 1 N–H and O–H groups in total. The molecule has 29 heavy (non-hydrogen) atoms. The number of aryl methyl sites for hydroxylation is 4. The maximum absolute atomic E-state index is 12.9. The third kappa shape index (κ3) is 3.83. The van der Waals surface area contributed by atoms with Crippen molar-refractivity contribution >= 4 is 32.7 Å². The molecule has 0 bridgehead atoms. The van der Waals surface area contributed by atoms with Crippen LogP contribution in [0.5, 0.6) is 0 Å². The summed E-state index contributed by atoms with van der Waals surface area (Å²) in [6.07, 6.45) is 0. The Morgan fingerprint density at radius 2 is 1.66 bits per heavy atom. The quantitative estimate of drug-likeness (QED) is 0.686. The number of anilines is 1. The van der Waals surface area contributed by atoms with E-state index in [1.165, 1.54) is 28.3 Å². The van der Waals surface area contributed by atoms with Gasteiger partial charge in [0.05, 0.1) is 22.5 Å². The van der Waals surface area contributed by atoms with Crippen LogP contribution >= 0.6 is 0 Å². The van der Waals surface area contributed by atoms with Crippen molar-refractivity contribution in [2.75, 3.05) is 18.9 Å². The fraction of sp³-hybridized carbons (Fsp3) is 0.300. The summed E-state index contributed by atoms with van der Waals surface area (Å²) in [5.74, 6) is -0.437. The zero-order chi connectivity index (χ0) is 21.5. The number of imidazole rings is 1. The molecule has 0 atom stereocenters. The van der Waals surface area contributed by atoms with Gasteiger partial charge in [-0.15, -0.1) is 0 Å². The Morgan fingerprint density at radius 1 is 1.00 bits per heavy atom. The van der Waals surface area contributed by atoms with Crippen molar-refractivity contribution in [2.45, 2.75) is 18.7 Å². The zero-order valence-corrected chi connectivity index (χ0v) is 17.9. The molecular formula is C20H24N4O4S. The van der Waals surface area contributed by atoms with Gasteiger partial charge in [-0.05, 0) is 55.3 Å². The number of nitrogens with one attached hydrogen (secondary N) is 1. The fourth-order valence-corrected chi connectivity index (χ4v) is 4.28. The molecule has 0 fully saturated rings. The molecule has 3 rings (SSSR count). The third-order valence-corrected chi connectivity index (χ3v) is 6.91. The lowest BCUT2D eigenvalue weighted by Crippen LogP contribution is -2.35. The van der Waals surface area contributed by atoms with Crippen molar-refractivity contribution in [1.82, 2.24) is 13.4 Å². The number of fused-ring (bicyclic) bond motifs is 1. The van der Waals surface area contributed by atoms with E-state index in [0.29, 0.717) is 16.7 Å². The van der Waals surface area contributed by atoms with E-state index < -0.39 is 15.9 Å². The summed E-state index contributed by atoms with van der Waals surface area (Å²) >= 11 is 0. The van der Waals surface area contributed by atoms with Crippen molar-refractivity contribution in [1.29, 1.82) is 0 Å². The molecule has 0 radical (unpaired) electrons. The lowest BCUT2D eigenvalue weighted by Gasteiger charge is -2.17. The minimum absolute atomic E-state index is 0.0210. The number of amides is 1. The highest BCUT2D eigenvalue weighted by atomic mass is 32.2. The number of hydrogen-bond donors (Lipinski definition) is 1. The van der Waals surface area contributed by atoms with Crippen LogP contribution in [-0.2, 0) is 28.9 Å². The van der Waals surface area contributed by atoms with Crippen LogP contribution in [0.1, 0.15) is 11.1 Å². The first-order valence-corrected chi connectivity index (χ1v) is 10.5. The summed E-state index contributed by atoms with van der Waals surface area (Å²) in [4.78, 5) is 24.4. The SMILES string of the molecule is Cc1ccc(NC(=O)CN(C)S(=O)(=O)c2ccc3c(c2)n(C)c(=O)n3C)cc1C. The molecule has 0 saturated carbocycles. The number of benzene rings is 2. The van der Waals surface area contributed by atoms with Crippen LogP contribution in [0.2, 0.25) is 0 Å². The number of hydrogen-bond acceptors (Lipinski definition) is 4. The first-order chi connectivity index (χ1) is 13.5. The van der Waals surface area contributed by atoms with E-state index in [9.17, 15) is 18.0 Å². The predicted molar refractivity (Wildman–Crippen MR) is 113 cm³/mol. The number of nitrogens with zero attached hydrogens (tertiary/aromatic N) is 3. The summed E-state index contributed by atoms with van der Waals surface area (Å²) in [7, 11) is 0.658. The maximum Gasteiger partial charge on any atom is 0.328 e. The highest BCUT2D eigenvalue weighted by Crippen LogP contribution is 2.20. The van der Waals surface area contributed by atoms with Crippen LogP contribution in [0.15, 0.2) is 46.1 Å². The van der Waals surface area contributed by atoms with Crippen LogP contribution in [0.4, 0.5) is 5.69 Å². The van der Waals surface area contributed by atoms with Crippen LogP contribution in [-0.4, -0.2) is 41.4 Å². The summed E-state index contributed by atoms with van der Waals surface area (Å²) in [5.41, 5.74) is 3.65. The highest BCUT2D eigenvalue weighted by Gasteiger charge is 2.24. The van der Waals surface area contributed by atoms with E-state index in [1.807, 2.05) is 26.0 Å². The van der Waals surface area contributed by atoms with Gasteiger partial charge in [-0.2, -0.15) is 4.31 Å². The number of likely N-dealkylation sites (N-methyl/N-ethyl adjacent to an activating group) is 1. The number of carbonyl (C=O) groups is 1. The summed E-state index contributed by atoms with van der Waals surface area (Å²) in [6, 6.07) is 9.99. The molecular weight excluding hydrogens is 392 g/mol. The van der Waals surface area contributed by atoms with Crippen LogP contribution in [0.25, 0.3) is 11.0 Å². The molecule has 3 aromatic rings. The van der Waals surface area contributed by atoms with Crippen LogP contribution in [0.3, 0.4) is 0 Å². The largest absolute Gasteiger partial charge is 0.328 e. The van der Waals surface area contributed by atoms with Gasteiger partial charge in [-0.3, -0.25) is 13.9 Å². The van der Waals surface area contributed by atoms with Gasteiger partial charge in [0.1, 0.15) is 0 Å². The predicted octanol–water partition coefficient (Wildman–Crippen LogP) is 1.75. The van der Waals surface area contributed by atoms with E-state index in [2.05, 4.69) is 5.32 Å². The minimum atomic E-state index is -3.91. The van der Waals surface area contributed by atoms with Gasteiger partial charge >= 0.3 is 5.69 Å². The lowest BCUT2D eigenvalue weighted by atomic mass is 10.1. The average Bonchev–Trinajstić information content (AvgIpc) is 2.88. The molecule has 0 aliphatic heterocycles. The van der Waals surface area contributed by atoms with Gasteiger partial charge in [0.25, 0.3) is 0 Å². The summed E-state index contributed by atoms with van der Waals surface area (Å²) < 4.78 is 29.7. The lowest BCUT2D eigenvalue weighted by molar-refractivity contribution is -0.116.